The maximum absolute atomic E-state index is 5.74. The van der Waals surface area contributed by atoms with Gasteiger partial charge in [0.15, 0.2) is 0 Å². The minimum Gasteiger partial charge on any atom is -0.497 e. The Kier molecular flexibility index (Phi) is 5.66. The zero-order valence-corrected chi connectivity index (χ0v) is 10.3. The van der Waals surface area contributed by atoms with Crippen molar-refractivity contribution in [3.63, 3.8) is 0 Å². The molecule has 0 N–H and O–H groups in total. The fourth-order valence-corrected chi connectivity index (χ4v) is 1.79. The predicted octanol–water partition coefficient (Wildman–Crippen LogP) is 2.98. The molecular weight excluding hydrogens is 233 g/mol. The number of ether oxygens (including phenoxy) is 1. The van der Waals surface area contributed by atoms with Gasteiger partial charge in [-0.15, -0.1) is 23.2 Å². The number of hydrogen-bond donors (Lipinski definition) is 0. The van der Waals surface area contributed by atoms with E-state index in [9.17, 15) is 0 Å². The van der Waals surface area contributed by atoms with Crippen molar-refractivity contribution in [2.24, 2.45) is 0 Å². The van der Waals surface area contributed by atoms with Crippen LogP contribution in [0.1, 0.15) is 0 Å². The van der Waals surface area contributed by atoms with Crippen LogP contribution in [0.3, 0.4) is 0 Å². The summed E-state index contributed by atoms with van der Waals surface area (Å²) in [5.74, 6) is 2.03. The summed E-state index contributed by atoms with van der Waals surface area (Å²) in [6.45, 7) is 1.59. The number of anilines is 1. The molecule has 4 heteroatoms. The van der Waals surface area contributed by atoms with E-state index in [-0.39, 0.29) is 0 Å². The summed E-state index contributed by atoms with van der Waals surface area (Å²) in [4.78, 5) is 2.14. The summed E-state index contributed by atoms with van der Waals surface area (Å²) in [6, 6.07) is 7.90. The molecule has 1 aromatic rings. The molecule has 0 aromatic heterocycles. The number of alkyl halides is 2. The Bertz CT molecular complexity index is 288. The van der Waals surface area contributed by atoms with Crippen molar-refractivity contribution < 1.29 is 4.74 Å². The lowest BCUT2D eigenvalue weighted by Gasteiger charge is -2.23. The van der Waals surface area contributed by atoms with Crippen LogP contribution in [0.2, 0.25) is 0 Å². The number of benzene rings is 1. The monoisotopic (exact) mass is 247 g/mol. The summed E-state index contributed by atoms with van der Waals surface area (Å²) >= 11 is 11.5. The molecule has 0 aliphatic carbocycles. The molecule has 15 heavy (non-hydrogen) atoms. The lowest BCUT2D eigenvalue weighted by atomic mass is 10.2. The summed E-state index contributed by atoms with van der Waals surface area (Å²) in [6.07, 6.45) is 0. The highest BCUT2D eigenvalue weighted by molar-refractivity contribution is 6.18. The minimum absolute atomic E-state index is 0.591. The zero-order valence-electron chi connectivity index (χ0n) is 8.75. The minimum atomic E-state index is 0.591. The van der Waals surface area contributed by atoms with Crippen LogP contribution in [0.4, 0.5) is 5.69 Å². The molecule has 0 unspecified atom stereocenters. The number of nitrogens with zero attached hydrogens (tertiary/aromatic N) is 1. The molecule has 0 spiro atoms. The highest BCUT2D eigenvalue weighted by Gasteiger charge is 2.05. The molecule has 0 aliphatic heterocycles. The number of halogens is 2. The van der Waals surface area contributed by atoms with E-state index in [1.165, 1.54) is 0 Å². The van der Waals surface area contributed by atoms with Crippen molar-refractivity contribution in [3.05, 3.63) is 24.3 Å². The van der Waals surface area contributed by atoms with Gasteiger partial charge in [0.2, 0.25) is 0 Å². The molecule has 0 amide bonds. The van der Waals surface area contributed by atoms with Gasteiger partial charge in [0.25, 0.3) is 0 Å². The van der Waals surface area contributed by atoms with Crippen LogP contribution in [-0.4, -0.2) is 32.0 Å². The normalized spacial score (nSPS) is 10.1. The van der Waals surface area contributed by atoms with Crippen molar-refractivity contribution in [2.45, 2.75) is 0 Å². The van der Waals surface area contributed by atoms with Crippen molar-refractivity contribution in [1.82, 2.24) is 0 Å². The third-order valence-corrected chi connectivity index (χ3v) is 2.47. The zero-order chi connectivity index (χ0) is 11.1. The fourth-order valence-electron chi connectivity index (χ4n) is 1.38. The first kappa shape index (κ1) is 12.5. The molecule has 0 heterocycles. The van der Waals surface area contributed by atoms with Gasteiger partial charge in [0.1, 0.15) is 5.75 Å². The van der Waals surface area contributed by atoms with Crippen LogP contribution in [-0.2, 0) is 0 Å². The first-order chi connectivity index (χ1) is 7.31. The molecular formula is C11H15Cl2NO. The third-order valence-electron chi connectivity index (χ3n) is 2.13. The SMILES string of the molecule is COc1cccc(N(CCCl)CCCl)c1. The van der Waals surface area contributed by atoms with E-state index in [1.54, 1.807) is 7.11 Å². The van der Waals surface area contributed by atoms with Crippen LogP contribution in [0.15, 0.2) is 24.3 Å². The summed E-state index contributed by atoms with van der Waals surface area (Å²) in [5, 5.41) is 0. The van der Waals surface area contributed by atoms with Gasteiger partial charge in [0.05, 0.1) is 7.11 Å². The molecule has 0 saturated heterocycles. The fraction of sp³-hybridized carbons (Fsp3) is 0.455. The number of hydrogen-bond acceptors (Lipinski definition) is 2. The topological polar surface area (TPSA) is 12.5 Å². The average Bonchev–Trinajstić information content (AvgIpc) is 2.29. The number of rotatable bonds is 6. The smallest absolute Gasteiger partial charge is 0.120 e. The van der Waals surface area contributed by atoms with E-state index in [2.05, 4.69) is 4.90 Å². The Hall–Kier alpha value is -0.600. The van der Waals surface area contributed by atoms with Crippen LogP contribution in [0, 0.1) is 0 Å². The second kappa shape index (κ2) is 6.81. The Morgan fingerprint density at radius 1 is 1.20 bits per heavy atom. The first-order valence-electron chi connectivity index (χ1n) is 4.82. The summed E-state index contributed by atoms with van der Waals surface area (Å²) in [7, 11) is 1.66. The highest BCUT2D eigenvalue weighted by Crippen LogP contribution is 2.20. The molecule has 0 fully saturated rings. The lowest BCUT2D eigenvalue weighted by molar-refractivity contribution is 0.415. The number of methoxy groups -OCH3 is 1. The van der Waals surface area contributed by atoms with Gasteiger partial charge in [-0.1, -0.05) is 6.07 Å². The van der Waals surface area contributed by atoms with E-state index in [1.807, 2.05) is 24.3 Å². The average molecular weight is 248 g/mol. The van der Waals surface area contributed by atoms with Crippen molar-refractivity contribution in [1.29, 1.82) is 0 Å². The van der Waals surface area contributed by atoms with Gasteiger partial charge in [-0.05, 0) is 12.1 Å². The maximum atomic E-state index is 5.74. The van der Waals surface area contributed by atoms with Gasteiger partial charge in [-0.3, -0.25) is 0 Å². The van der Waals surface area contributed by atoms with Gasteiger partial charge in [0, 0.05) is 36.6 Å². The molecule has 0 atom stereocenters. The van der Waals surface area contributed by atoms with Crippen molar-refractivity contribution in [2.75, 3.05) is 36.9 Å². The summed E-state index contributed by atoms with van der Waals surface area (Å²) in [5.41, 5.74) is 1.09. The second-order valence-electron chi connectivity index (χ2n) is 3.07. The maximum Gasteiger partial charge on any atom is 0.120 e. The molecule has 0 aliphatic rings. The van der Waals surface area contributed by atoms with E-state index in [0.29, 0.717) is 11.8 Å². The molecule has 0 radical (unpaired) electrons. The summed E-state index contributed by atoms with van der Waals surface area (Å²) < 4.78 is 5.17. The van der Waals surface area contributed by atoms with Gasteiger partial charge in [-0.2, -0.15) is 0 Å². The Balaban J connectivity index is 2.79. The van der Waals surface area contributed by atoms with E-state index in [0.717, 1.165) is 24.5 Å². The quantitative estimate of drug-likeness (QED) is 0.717. The van der Waals surface area contributed by atoms with E-state index in [4.69, 9.17) is 27.9 Å². The van der Waals surface area contributed by atoms with Crippen molar-refractivity contribution >= 4 is 28.9 Å². The third kappa shape index (κ3) is 3.80. The predicted molar refractivity (Wildman–Crippen MR) is 66.6 cm³/mol. The largest absolute Gasteiger partial charge is 0.497 e. The molecule has 84 valence electrons. The van der Waals surface area contributed by atoms with Crippen LogP contribution >= 0.6 is 23.2 Å². The van der Waals surface area contributed by atoms with E-state index < -0.39 is 0 Å². The van der Waals surface area contributed by atoms with Gasteiger partial charge >= 0.3 is 0 Å². The molecule has 0 bridgehead atoms. The highest BCUT2D eigenvalue weighted by atomic mass is 35.5. The first-order valence-corrected chi connectivity index (χ1v) is 5.89. The lowest BCUT2D eigenvalue weighted by Crippen LogP contribution is -2.27. The van der Waals surface area contributed by atoms with Crippen molar-refractivity contribution in [3.8, 4) is 5.75 Å². The van der Waals surface area contributed by atoms with E-state index >= 15 is 0 Å². The van der Waals surface area contributed by atoms with Crippen LogP contribution in [0.25, 0.3) is 0 Å². The molecule has 1 rings (SSSR count). The van der Waals surface area contributed by atoms with Crippen LogP contribution < -0.4 is 9.64 Å². The van der Waals surface area contributed by atoms with Gasteiger partial charge < -0.3 is 9.64 Å². The standard InChI is InChI=1S/C11H15Cl2NO/c1-15-11-4-2-3-10(9-11)14(7-5-12)8-6-13/h2-4,9H,5-8H2,1H3. The Labute approximate surface area is 101 Å². The Morgan fingerprint density at radius 2 is 1.87 bits per heavy atom. The molecule has 1 aromatic carbocycles. The second-order valence-corrected chi connectivity index (χ2v) is 3.82. The van der Waals surface area contributed by atoms with Gasteiger partial charge in [-0.25, -0.2) is 0 Å². The Morgan fingerprint density at radius 3 is 2.40 bits per heavy atom. The molecule has 2 nitrogen and oxygen atoms in total. The molecule has 0 saturated carbocycles. The van der Waals surface area contributed by atoms with Crippen LogP contribution in [0.5, 0.6) is 5.75 Å².